The summed E-state index contributed by atoms with van der Waals surface area (Å²) in [5.41, 5.74) is 5.47. The van der Waals surface area contributed by atoms with Crippen molar-refractivity contribution in [3.63, 3.8) is 0 Å². The first-order valence-electron chi connectivity index (χ1n) is 6.83. The summed E-state index contributed by atoms with van der Waals surface area (Å²) in [6.07, 6.45) is 4.15. The second-order valence-corrected chi connectivity index (χ2v) is 5.75. The summed E-state index contributed by atoms with van der Waals surface area (Å²) in [4.78, 5) is 14.3. The largest absolute Gasteiger partial charge is 0.409 e. The molecule has 18 heavy (non-hydrogen) atoms. The fraction of sp³-hybridized carbons (Fsp3) is 0.846. The first-order valence-corrected chi connectivity index (χ1v) is 6.83. The van der Waals surface area contributed by atoms with E-state index in [2.05, 4.69) is 5.16 Å². The molecule has 0 heterocycles. The molecular formula is C13H23N3O2. The second kappa shape index (κ2) is 5.16. The Kier molecular flexibility index (Phi) is 3.78. The van der Waals surface area contributed by atoms with Crippen LogP contribution < -0.4 is 5.73 Å². The molecular weight excluding hydrogens is 230 g/mol. The van der Waals surface area contributed by atoms with Crippen LogP contribution in [0.1, 0.15) is 39.5 Å². The number of fused-ring (bicyclic) bond motifs is 1. The zero-order valence-electron chi connectivity index (χ0n) is 11.2. The zero-order chi connectivity index (χ0) is 13.3. The molecule has 2 fully saturated rings. The molecule has 0 spiro atoms. The minimum absolute atomic E-state index is 0.172. The Balaban J connectivity index is 1.91. The molecule has 2 aliphatic rings. The molecule has 102 valence electrons. The van der Waals surface area contributed by atoms with Gasteiger partial charge in [-0.2, -0.15) is 0 Å². The van der Waals surface area contributed by atoms with Gasteiger partial charge in [-0.1, -0.05) is 11.6 Å². The molecule has 0 aromatic carbocycles. The van der Waals surface area contributed by atoms with Gasteiger partial charge >= 0.3 is 0 Å². The van der Waals surface area contributed by atoms with Crippen LogP contribution in [-0.2, 0) is 4.79 Å². The van der Waals surface area contributed by atoms with E-state index in [1.807, 2.05) is 18.7 Å². The number of carbonyl (C=O) groups is 1. The van der Waals surface area contributed by atoms with Crippen molar-refractivity contribution in [1.82, 2.24) is 4.90 Å². The summed E-state index contributed by atoms with van der Waals surface area (Å²) >= 11 is 0. The highest BCUT2D eigenvalue weighted by molar-refractivity contribution is 5.84. The molecule has 0 aromatic heterocycles. The van der Waals surface area contributed by atoms with Crippen molar-refractivity contribution in [2.24, 2.45) is 28.6 Å². The second-order valence-electron chi connectivity index (χ2n) is 5.75. The normalized spacial score (nSPS) is 30.4. The average Bonchev–Trinajstić information content (AvgIpc) is 2.82. The predicted octanol–water partition coefficient (Wildman–Crippen LogP) is 1.41. The molecule has 0 aliphatic heterocycles. The van der Waals surface area contributed by atoms with Crippen LogP contribution in [0.4, 0.5) is 0 Å². The highest BCUT2D eigenvalue weighted by atomic mass is 16.4. The lowest BCUT2D eigenvalue weighted by atomic mass is 10.1. The van der Waals surface area contributed by atoms with E-state index in [4.69, 9.17) is 10.9 Å². The Labute approximate surface area is 108 Å². The number of carbonyl (C=O) groups excluding carboxylic acids is 1. The monoisotopic (exact) mass is 253 g/mol. The van der Waals surface area contributed by atoms with Crippen LogP contribution in [0.15, 0.2) is 5.16 Å². The van der Waals surface area contributed by atoms with Gasteiger partial charge in [0.15, 0.2) is 0 Å². The van der Waals surface area contributed by atoms with Crippen LogP contribution in [-0.4, -0.2) is 34.4 Å². The van der Waals surface area contributed by atoms with E-state index in [1.54, 1.807) is 0 Å². The van der Waals surface area contributed by atoms with Gasteiger partial charge in [0.2, 0.25) is 5.91 Å². The Bertz CT molecular complexity index is 344. The smallest absolute Gasteiger partial charge is 0.226 e. The number of hydrogen-bond acceptors (Lipinski definition) is 3. The van der Waals surface area contributed by atoms with E-state index in [0.29, 0.717) is 24.8 Å². The van der Waals surface area contributed by atoms with Gasteiger partial charge in [0.25, 0.3) is 0 Å². The van der Waals surface area contributed by atoms with Crippen molar-refractivity contribution in [1.29, 1.82) is 0 Å². The minimum atomic E-state index is 0.172. The molecule has 2 rings (SSSR count). The summed E-state index contributed by atoms with van der Waals surface area (Å²) in [7, 11) is 0. The molecule has 2 atom stereocenters. The number of nitrogens with zero attached hydrogens (tertiary/aromatic N) is 2. The van der Waals surface area contributed by atoms with Gasteiger partial charge in [0, 0.05) is 24.9 Å². The third-order valence-electron chi connectivity index (χ3n) is 4.34. The van der Waals surface area contributed by atoms with E-state index in [1.165, 1.54) is 19.3 Å². The third-order valence-corrected chi connectivity index (χ3v) is 4.34. The molecule has 2 unspecified atom stereocenters. The van der Waals surface area contributed by atoms with Gasteiger partial charge in [-0.3, -0.25) is 4.79 Å². The lowest BCUT2D eigenvalue weighted by molar-refractivity contribution is -0.135. The van der Waals surface area contributed by atoms with Crippen LogP contribution in [0.2, 0.25) is 0 Å². The number of amidine groups is 1. The SMILES string of the molecule is CC(C)N(CCC(N)=NO)C(=O)C1C2CCCC21. The van der Waals surface area contributed by atoms with Gasteiger partial charge in [0.05, 0.1) is 0 Å². The van der Waals surface area contributed by atoms with Crippen LogP contribution in [0.5, 0.6) is 0 Å². The molecule has 3 N–H and O–H groups in total. The minimum Gasteiger partial charge on any atom is -0.409 e. The maximum absolute atomic E-state index is 12.4. The molecule has 0 bridgehead atoms. The Morgan fingerprint density at radius 3 is 2.56 bits per heavy atom. The summed E-state index contributed by atoms with van der Waals surface area (Å²) in [6.45, 7) is 4.58. The number of amides is 1. The zero-order valence-corrected chi connectivity index (χ0v) is 11.2. The Morgan fingerprint density at radius 2 is 2.06 bits per heavy atom. The highest BCUT2D eigenvalue weighted by Crippen LogP contribution is 2.58. The summed E-state index contributed by atoms with van der Waals surface area (Å²) in [5, 5.41) is 11.5. The quantitative estimate of drug-likeness (QED) is 0.336. The number of oxime groups is 1. The summed E-state index contributed by atoms with van der Waals surface area (Å²) in [6, 6.07) is 0.172. The van der Waals surface area contributed by atoms with Gasteiger partial charge < -0.3 is 15.8 Å². The summed E-state index contributed by atoms with van der Waals surface area (Å²) in [5.74, 6) is 1.99. The number of hydrogen-bond donors (Lipinski definition) is 2. The van der Waals surface area contributed by atoms with Crippen molar-refractivity contribution in [3.8, 4) is 0 Å². The maximum Gasteiger partial charge on any atom is 0.226 e. The molecule has 0 aromatic rings. The topological polar surface area (TPSA) is 78.9 Å². The van der Waals surface area contributed by atoms with Crippen LogP contribution in [0.3, 0.4) is 0 Å². The molecule has 2 saturated carbocycles. The Morgan fingerprint density at radius 1 is 1.44 bits per heavy atom. The van der Waals surface area contributed by atoms with Gasteiger partial charge in [-0.25, -0.2) is 0 Å². The van der Waals surface area contributed by atoms with Crippen LogP contribution >= 0.6 is 0 Å². The molecule has 1 amide bonds. The fourth-order valence-corrected chi connectivity index (χ4v) is 3.29. The van der Waals surface area contributed by atoms with Crippen LogP contribution in [0, 0.1) is 17.8 Å². The van der Waals surface area contributed by atoms with E-state index in [0.717, 1.165) is 0 Å². The molecule has 0 saturated heterocycles. The lowest BCUT2D eigenvalue weighted by Crippen LogP contribution is -2.40. The van der Waals surface area contributed by atoms with Gasteiger partial charge in [-0.05, 0) is 38.5 Å². The van der Waals surface area contributed by atoms with E-state index in [9.17, 15) is 4.79 Å². The summed E-state index contributed by atoms with van der Waals surface area (Å²) < 4.78 is 0. The Hall–Kier alpha value is -1.26. The number of nitrogens with two attached hydrogens (primary N) is 1. The molecule has 2 aliphatic carbocycles. The fourth-order valence-electron chi connectivity index (χ4n) is 3.29. The van der Waals surface area contributed by atoms with E-state index < -0.39 is 0 Å². The average molecular weight is 253 g/mol. The maximum atomic E-state index is 12.4. The van der Waals surface area contributed by atoms with Gasteiger partial charge in [-0.15, -0.1) is 0 Å². The van der Waals surface area contributed by atoms with Crippen molar-refractivity contribution in [2.45, 2.75) is 45.6 Å². The molecule has 5 nitrogen and oxygen atoms in total. The van der Waals surface area contributed by atoms with E-state index in [-0.39, 0.29) is 23.7 Å². The predicted molar refractivity (Wildman–Crippen MR) is 69.2 cm³/mol. The lowest BCUT2D eigenvalue weighted by Gasteiger charge is -2.27. The van der Waals surface area contributed by atoms with Crippen molar-refractivity contribution in [3.05, 3.63) is 0 Å². The number of rotatable bonds is 5. The molecule has 5 heteroatoms. The van der Waals surface area contributed by atoms with Crippen LogP contribution in [0.25, 0.3) is 0 Å². The van der Waals surface area contributed by atoms with Gasteiger partial charge in [0.1, 0.15) is 5.84 Å². The molecule has 0 radical (unpaired) electrons. The van der Waals surface area contributed by atoms with Crippen molar-refractivity contribution >= 4 is 11.7 Å². The highest BCUT2D eigenvalue weighted by Gasteiger charge is 2.57. The standard InChI is InChI=1S/C13H23N3O2/c1-8(2)16(7-6-11(14)15-18)13(17)12-9-4-3-5-10(9)12/h8-10,12,18H,3-7H2,1-2H3,(H2,14,15). The third kappa shape index (κ3) is 2.44. The van der Waals surface area contributed by atoms with Crippen molar-refractivity contribution in [2.75, 3.05) is 6.54 Å². The van der Waals surface area contributed by atoms with E-state index >= 15 is 0 Å². The first-order chi connectivity index (χ1) is 8.56. The van der Waals surface area contributed by atoms with Crippen molar-refractivity contribution < 1.29 is 10.0 Å². The first kappa shape index (κ1) is 13.2.